The first-order valence-electron chi connectivity index (χ1n) is 5.33. The molecule has 0 saturated heterocycles. The summed E-state index contributed by atoms with van der Waals surface area (Å²) < 4.78 is 10.8. The maximum absolute atomic E-state index is 5.77. The van der Waals surface area contributed by atoms with Crippen LogP contribution in [-0.4, -0.2) is 12.1 Å². The van der Waals surface area contributed by atoms with Crippen molar-refractivity contribution < 1.29 is 9.15 Å². The Morgan fingerprint density at radius 2 is 2.12 bits per heavy atom. The van der Waals surface area contributed by atoms with Crippen LogP contribution in [0.25, 0.3) is 11.5 Å². The Morgan fingerprint density at radius 3 is 2.65 bits per heavy atom. The molecule has 0 atom stereocenters. The highest BCUT2D eigenvalue weighted by molar-refractivity contribution is 6.16. The number of oxazole rings is 1. The molecule has 0 aliphatic rings. The second-order valence-corrected chi connectivity index (χ2v) is 4.11. The van der Waals surface area contributed by atoms with Gasteiger partial charge in [-0.15, -0.1) is 11.6 Å². The van der Waals surface area contributed by atoms with Gasteiger partial charge >= 0.3 is 0 Å². The molecule has 0 spiro atoms. The molecule has 2 aromatic rings. The van der Waals surface area contributed by atoms with Crippen molar-refractivity contribution in [1.29, 1.82) is 0 Å². The van der Waals surface area contributed by atoms with Gasteiger partial charge in [-0.05, 0) is 37.6 Å². The number of hydrogen-bond donors (Lipinski definition) is 0. The standard InChI is InChI=1S/C13H14ClNO2/c1-8-6-10(4-5-12(8)16-3)13-15-11(7-14)9(2)17-13/h4-6H,7H2,1-3H3. The number of methoxy groups -OCH3 is 1. The molecular weight excluding hydrogens is 238 g/mol. The lowest BCUT2D eigenvalue weighted by molar-refractivity contribution is 0.411. The van der Waals surface area contributed by atoms with Crippen LogP contribution in [0, 0.1) is 13.8 Å². The molecule has 0 N–H and O–H groups in total. The number of nitrogens with zero attached hydrogens (tertiary/aromatic N) is 1. The Hall–Kier alpha value is -1.48. The van der Waals surface area contributed by atoms with Crippen LogP contribution < -0.4 is 4.74 Å². The largest absolute Gasteiger partial charge is 0.496 e. The third kappa shape index (κ3) is 2.29. The summed E-state index contributed by atoms with van der Waals surface area (Å²) in [6, 6.07) is 5.82. The van der Waals surface area contributed by atoms with E-state index in [0.29, 0.717) is 11.8 Å². The van der Waals surface area contributed by atoms with Crippen LogP contribution >= 0.6 is 11.6 Å². The molecule has 0 fully saturated rings. The fourth-order valence-corrected chi connectivity index (χ4v) is 1.93. The normalized spacial score (nSPS) is 10.6. The monoisotopic (exact) mass is 251 g/mol. The van der Waals surface area contributed by atoms with Crippen LogP contribution in [-0.2, 0) is 5.88 Å². The molecule has 0 amide bonds. The Kier molecular flexibility index (Phi) is 3.38. The second kappa shape index (κ2) is 4.80. The van der Waals surface area contributed by atoms with Gasteiger partial charge in [0.15, 0.2) is 0 Å². The van der Waals surface area contributed by atoms with Crippen LogP contribution in [0.2, 0.25) is 0 Å². The average molecular weight is 252 g/mol. The third-order valence-electron chi connectivity index (χ3n) is 2.66. The smallest absolute Gasteiger partial charge is 0.226 e. The zero-order valence-electron chi connectivity index (χ0n) is 10.1. The highest BCUT2D eigenvalue weighted by Crippen LogP contribution is 2.27. The molecule has 0 unspecified atom stereocenters. The molecule has 4 heteroatoms. The summed E-state index contributed by atoms with van der Waals surface area (Å²) in [5.41, 5.74) is 2.77. The topological polar surface area (TPSA) is 35.3 Å². The van der Waals surface area contributed by atoms with Gasteiger partial charge < -0.3 is 9.15 Å². The van der Waals surface area contributed by atoms with Crippen LogP contribution in [0.5, 0.6) is 5.75 Å². The van der Waals surface area contributed by atoms with Gasteiger partial charge in [-0.25, -0.2) is 4.98 Å². The van der Waals surface area contributed by atoms with Gasteiger partial charge in [-0.1, -0.05) is 0 Å². The van der Waals surface area contributed by atoms with E-state index in [2.05, 4.69) is 4.98 Å². The lowest BCUT2D eigenvalue weighted by atomic mass is 10.1. The maximum atomic E-state index is 5.77. The van der Waals surface area contributed by atoms with Crippen molar-refractivity contribution in [2.45, 2.75) is 19.7 Å². The summed E-state index contributed by atoms with van der Waals surface area (Å²) in [7, 11) is 1.66. The molecule has 0 aliphatic heterocycles. The molecule has 0 radical (unpaired) electrons. The van der Waals surface area contributed by atoms with Crippen LogP contribution in [0.1, 0.15) is 17.0 Å². The van der Waals surface area contributed by atoms with E-state index in [1.807, 2.05) is 32.0 Å². The summed E-state index contributed by atoms with van der Waals surface area (Å²) in [5, 5.41) is 0. The van der Waals surface area contributed by atoms with E-state index in [9.17, 15) is 0 Å². The minimum atomic E-state index is 0.366. The number of benzene rings is 1. The molecule has 0 bridgehead atoms. The van der Waals surface area contributed by atoms with Crippen LogP contribution in [0.4, 0.5) is 0 Å². The Bertz CT molecular complexity index is 534. The van der Waals surface area contributed by atoms with Crippen molar-refractivity contribution in [2.75, 3.05) is 7.11 Å². The van der Waals surface area contributed by atoms with Gasteiger partial charge in [0, 0.05) is 5.56 Å². The van der Waals surface area contributed by atoms with Crippen molar-refractivity contribution in [1.82, 2.24) is 4.98 Å². The zero-order valence-corrected chi connectivity index (χ0v) is 10.8. The number of hydrogen-bond acceptors (Lipinski definition) is 3. The molecule has 1 heterocycles. The maximum Gasteiger partial charge on any atom is 0.226 e. The average Bonchev–Trinajstić information content (AvgIpc) is 2.70. The number of alkyl halides is 1. The Morgan fingerprint density at radius 1 is 1.35 bits per heavy atom. The number of ether oxygens (including phenoxy) is 1. The lowest BCUT2D eigenvalue weighted by Gasteiger charge is -2.04. The number of aryl methyl sites for hydroxylation is 2. The van der Waals surface area contributed by atoms with E-state index in [4.69, 9.17) is 20.8 Å². The lowest BCUT2D eigenvalue weighted by Crippen LogP contribution is -1.88. The minimum Gasteiger partial charge on any atom is -0.496 e. The van der Waals surface area contributed by atoms with E-state index >= 15 is 0 Å². The van der Waals surface area contributed by atoms with E-state index in [-0.39, 0.29) is 0 Å². The van der Waals surface area contributed by atoms with Gasteiger partial charge in [0.1, 0.15) is 11.5 Å². The van der Waals surface area contributed by atoms with Gasteiger partial charge in [-0.2, -0.15) is 0 Å². The van der Waals surface area contributed by atoms with Crippen molar-refractivity contribution in [2.24, 2.45) is 0 Å². The summed E-state index contributed by atoms with van der Waals surface area (Å²) in [6.07, 6.45) is 0. The highest BCUT2D eigenvalue weighted by Gasteiger charge is 2.11. The molecular formula is C13H14ClNO2. The molecule has 1 aromatic carbocycles. The molecule has 1 aromatic heterocycles. The number of rotatable bonds is 3. The predicted octanol–water partition coefficient (Wildman–Crippen LogP) is 3.71. The van der Waals surface area contributed by atoms with Crippen molar-refractivity contribution >= 4 is 11.6 Å². The third-order valence-corrected chi connectivity index (χ3v) is 2.91. The summed E-state index contributed by atoms with van der Waals surface area (Å²) in [6.45, 7) is 3.85. The zero-order chi connectivity index (χ0) is 12.4. The van der Waals surface area contributed by atoms with Gasteiger partial charge in [0.25, 0.3) is 0 Å². The van der Waals surface area contributed by atoms with E-state index < -0.39 is 0 Å². The predicted molar refractivity (Wildman–Crippen MR) is 67.5 cm³/mol. The first-order valence-corrected chi connectivity index (χ1v) is 5.86. The van der Waals surface area contributed by atoms with E-state index in [1.54, 1.807) is 7.11 Å². The first kappa shape index (κ1) is 12.0. The SMILES string of the molecule is COc1ccc(-c2nc(CCl)c(C)o2)cc1C. The molecule has 0 saturated carbocycles. The Labute approximate surface area is 105 Å². The summed E-state index contributed by atoms with van der Waals surface area (Å²) in [4.78, 5) is 4.36. The molecule has 0 aliphatic carbocycles. The van der Waals surface area contributed by atoms with Gasteiger partial charge in [0.05, 0.1) is 18.7 Å². The number of halogens is 1. The minimum absolute atomic E-state index is 0.366. The quantitative estimate of drug-likeness (QED) is 0.780. The Balaban J connectivity index is 2.42. The van der Waals surface area contributed by atoms with E-state index in [1.165, 1.54) is 0 Å². The van der Waals surface area contributed by atoms with E-state index in [0.717, 1.165) is 28.3 Å². The molecule has 2 rings (SSSR count). The number of aromatic nitrogens is 1. The summed E-state index contributed by atoms with van der Waals surface area (Å²) >= 11 is 5.77. The highest BCUT2D eigenvalue weighted by atomic mass is 35.5. The van der Waals surface area contributed by atoms with Gasteiger partial charge in [0.2, 0.25) is 5.89 Å². The second-order valence-electron chi connectivity index (χ2n) is 3.84. The molecule has 90 valence electrons. The molecule has 3 nitrogen and oxygen atoms in total. The first-order chi connectivity index (χ1) is 8.15. The fourth-order valence-electron chi connectivity index (χ4n) is 1.69. The van der Waals surface area contributed by atoms with Crippen molar-refractivity contribution in [3.63, 3.8) is 0 Å². The fraction of sp³-hybridized carbons (Fsp3) is 0.308. The van der Waals surface area contributed by atoms with Crippen molar-refractivity contribution in [3.05, 3.63) is 35.2 Å². The molecule has 17 heavy (non-hydrogen) atoms. The van der Waals surface area contributed by atoms with Gasteiger partial charge in [-0.3, -0.25) is 0 Å². The van der Waals surface area contributed by atoms with Crippen molar-refractivity contribution in [3.8, 4) is 17.2 Å². The van der Waals surface area contributed by atoms with Crippen LogP contribution in [0.15, 0.2) is 22.6 Å². The summed E-state index contributed by atoms with van der Waals surface area (Å²) in [5.74, 6) is 2.59. The van der Waals surface area contributed by atoms with Crippen LogP contribution in [0.3, 0.4) is 0 Å².